The topological polar surface area (TPSA) is 50.3 Å². The highest BCUT2D eigenvalue weighted by Crippen LogP contribution is 2.23. The fourth-order valence-corrected chi connectivity index (χ4v) is 2.67. The van der Waals surface area contributed by atoms with Crippen LogP contribution in [0.25, 0.3) is 0 Å². The largest absolute Gasteiger partial charge is 0.374 e. The fraction of sp³-hybridized carbons (Fsp3) is 0.750. The summed E-state index contributed by atoms with van der Waals surface area (Å²) in [5, 5.41) is 3.29. The number of hydrogen-bond donors (Lipinski definition) is 1. The van der Waals surface area contributed by atoms with Crippen LogP contribution in [0.15, 0.2) is 6.07 Å². The second-order valence-electron chi connectivity index (χ2n) is 5.72. The van der Waals surface area contributed by atoms with Gasteiger partial charge >= 0.3 is 0 Å². The van der Waals surface area contributed by atoms with Gasteiger partial charge in [0.05, 0.1) is 0 Å². The molecule has 0 radical (unpaired) electrons. The van der Waals surface area contributed by atoms with E-state index in [2.05, 4.69) is 35.1 Å². The Hall–Kier alpha value is -1.36. The summed E-state index contributed by atoms with van der Waals surface area (Å²) in [6.07, 6.45) is 3.79. The molecule has 1 N–H and O–H groups in total. The molecular formula is C16H28N4O. The van der Waals surface area contributed by atoms with E-state index < -0.39 is 0 Å². The molecule has 118 valence electrons. The van der Waals surface area contributed by atoms with Crippen molar-refractivity contribution in [3.05, 3.63) is 11.9 Å². The van der Waals surface area contributed by atoms with E-state index in [0.717, 1.165) is 43.0 Å². The molecule has 2 heterocycles. The van der Waals surface area contributed by atoms with Crippen molar-refractivity contribution in [2.45, 2.75) is 46.6 Å². The lowest BCUT2D eigenvalue weighted by Crippen LogP contribution is -2.26. The van der Waals surface area contributed by atoms with E-state index in [4.69, 9.17) is 9.72 Å². The van der Waals surface area contributed by atoms with E-state index in [0.29, 0.717) is 13.2 Å². The number of nitrogens with zero attached hydrogens (tertiary/aromatic N) is 3. The van der Waals surface area contributed by atoms with Crippen LogP contribution in [0.5, 0.6) is 0 Å². The van der Waals surface area contributed by atoms with Gasteiger partial charge in [-0.1, -0.05) is 6.92 Å². The van der Waals surface area contributed by atoms with Gasteiger partial charge in [0.2, 0.25) is 0 Å². The van der Waals surface area contributed by atoms with Gasteiger partial charge in [-0.25, -0.2) is 9.97 Å². The van der Waals surface area contributed by atoms with Crippen molar-refractivity contribution in [3.8, 4) is 0 Å². The third-order valence-corrected chi connectivity index (χ3v) is 3.89. The molecule has 5 nitrogen and oxygen atoms in total. The van der Waals surface area contributed by atoms with E-state index in [9.17, 15) is 0 Å². The Morgan fingerprint density at radius 3 is 2.90 bits per heavy atom. The summed E-state index contributed by atoms with van der Waals surface area (Å²) in [4.78, 5) is 11.6. The molecule has 0 saturated carbocycles. The lowest BCUT2D eigenvalue weighted by molar-refractivity contribution is 0.128. The Morgan fingerprint density at radius 2 is 2.14 bits per heavy atom. The molecule has 0 spiro atoms. The van der Waals surface area contributed by atoms with Crippen molar-refractivity contribution >= 4 is 11.6 Å². The number of anilines is 2. The molecule has 5 heteroatoms. The number of hydrogen-bond acceptors (Lipinski definition) is 5. The molecule has 1 aromatic rings. The minimum atomic E-state index is 0.479. The third kappa shape index (κ3) is 4.84. The second-order valence-corrected chi connectivity index (χ2v) is 5.72. The Bertz CT molecular complexity index is 438. The minimum absolute atomic E-state index is 0.479. The molecule has 1 atom stereocenters. The SMILES string of the molecule is CCNc1cc(N2CCCC(C)CC2)nc(COCC)n1. The number of ether oxygens (including phenoxy) is 1. The van der Waals surface area contributed by atoms with Gasteiger partial charge in [0.15, 0.2) is 5.82 Å². The lowest BCUT2D eigenvalue weighted by Gasteiger charge is -2.22. The van der Waals surface area contributed by atoms with E-state index in [1.54, 1.807) is 0 Å². The number of nitrogens with one attached hydrogen (secondary N) is 1. The van der Waals surface area contributed by atoms with E-state index in [-0.39, 0.29) is 0 Å². The highest BCUT2D eigenvalue weighted by atomic mass is 16.5. The van der Waals surface area contributed by atoms with E-state index in [1.165, 1.54) is 19.3 Å². The summed E-state index contributed by atoms with van der Waals surface area (Å²) >= 11 is 0. The van der Waals surface area contributed by atoms with Crippen LogP contribution in [0.1, 0.15) is 45.9 Å². The number of rotatable bonds is 6. The molecular weight excluding hydrogens is 264 g/mol. The van der Waals surface area contributed by atoms with Crippen LogP contribution in [0.4, 0.5) is 11.6 Å². The van der Waals surface area contributed by atoms with E-state index >= 15 is 0 Å². The van der Waals surface area contributed by atoms with Crippen molar-refractivity contribution in [3.63, 3.8) is 0 Å². The molecule has 0 bridgehead atoms. The summed E-state index contributed by atoms with van der Waals surface area (Å²) < 4.78 is 5.47. The van der Waals surface area contributed by atoms with E-state index in [1.807, 2.05) is 6.92 Å². The Kier molecular flexibility index (Phi) is 6.23. The third-order valence-electron chi connectivity index (χ3n) is 3.89. The Morgan fingerprint density at radius 1 is 1.29 bits per heavy atom. The summed E-state index contributed by atoms with van der Waals surface area (Å²) in [6, 6.07) is 2.06. The molecule has 0 aliphatic carbocycles. The lowest BCUT2D eigenvalue weighted by atomic mass is 10.0. The fourth-order valence-electron chi connectivity index (χ4n) is 2.67. The van der Waals surface area contributed by atoms with Crippen molar-refractivity contribution in [2.75, 3.05) is 36.5 Å². The zero-order valence-corrected chi connectivity index (χ0v) is 13.6. The predicted octanol–water partition coefficient (Wildman–Crippen LogP) is 3.07. The first kappa shape index (κ1) is 16.0. The highest BCUT2D eigenvalue weighted by molar-refractivity contribution is 5.49. The summed E-state index contributed by atoms with van der Waals surface area (Å²) in [6.45, 7) is 10.6. The van der Waals surface area contributed by atoms with Crippen molar-refractivity contribution < 1.29 is 4.74 Å². The van der Waals surface area contributed by atoms with Gasteiger partial charge in [-0.15, -0.1) is 0 Å². The predicted molar refractivity (Wildman–Crippen MR) is 86.8 cm³/mol. The quantitative estimate of drug-likeness (QED) is 0.873. The average Bonchev–Trinajstić information content (AvgIpc) is 2.70. The maximum absolute atomic E-state index is 5.47. The first-order valence-corrected chi connectivity index (χ1v) is 8.17. The van der Waals surface area contributed by atoms with Crippen molar-refractivity contribution in [2.24, 2.45) is 5.92 Å². The molecule has 0 aromatic carbocycles. The summed E-state index contributed by atoms with van der Waals surface area (Å²) in [7, 11) is 0. The highest BCUT2D eigenvalue weighted by Gasteiger charge is 2.16. The molecule has 1 unspecified atom stereocenters. The van der Waals surface area contributed by atoms with Gasteiger partial charge in [0.1, 0.15) is 18.2 Å². The van der Waals surface area contributed by atoms with Gasteiger partial charge in [0.25, 0.3) is 0 Å². The van der Waals surface area contributed by atoms with Gasteiger partial charge < -0.3 is 15.0 Å². The Labute approximate surface area is 128 Å². The van der Waals surface area contributed by atoms with Crippen molar-refractivity contribution in [1.82, 2.24) is 9.97 Å². The molecule has 1 aliphatic heterocycles. The minimum Gasteiger partial charge on any atom is -0.374 e. The molecule has 1 aromatic heterocycles. The van der Waals surface area contributed by atoms with Crippen LogP contribution in [0.2, 0.25) is 0 Å². The standard InChI is InChI=1S/C16H28N4O/c1-4-17-14-11-16(19-15(18-14)12-21-5-2)20-9-6-7-13(3)8-10-20/h11,13H,4-10,12H2,1-3H3,(H,17,18,19). The normalized spacial score (nSPS) is 19.4. The van der Waals surface area contributed by atoms with Gasteiger partial charge in [-0.2, -0.15) is 0 Å². The molecule has 21 heavy (non-hydrogen) atoms. The van der Waals surface area contributed by atoms with Crippen LogP contribution in [0, 0.1) is 5.92 Å². The maximum Gasteiger partial charge on any atom is 0.158 e. The summed E-state index contributed by atoms with van der Waals surface area (Å²) in [5.74, 6) is 3.51. The zero-order chi connectivity index (χ0) is 15.1. The van der Waals surface area contributed by atoms with Crippen LogP contribution >= 0.6 is 0 Å². The maximum atomic E-state index is 5.47. The van der Waals surface area contributed by atoms with Gasteiger partial charge in [-0.3, -0.25) is 0 Å². The van der Waals surface area contributed by atoms with Crippen LogP contribution < -0.4 is 10.2 Å². The molecule has 2 rings (SSSR count). The van der Waals surface area contributed by atoms with Crippen LogP contribution in [-0.4, -0.2) is 36.2 Å². The molecule has 1 fully saturated rings. The first-order chi connectivity index (χ1) is 10.2. The average molecular weight is 292 g/mol. The smallest absolute Gasteiger partial charge is 0.158 e. The first-order valence-electron chi connectivity index (χ1n) is 8.17. The van der Waals surface area contributed by atoms with Crippen LogP contribution in [-0.2, 0) is 11.3 Å². The van der Waals surface area contributed by atoms with Gasteiger partial charge in [0, 0.05) is 32.3 Å². The van der Waals surface area contributed by atoms with Crippen molar-refractivity contribution in [1.29, 1.82) is 0 Å². The summed E-state index contributed by atoms with van der Waals surface area (Å²) in [5.41, 5.74) is 0. The number of aromatic nitrogens is 2. The monoisotopic (exact) mass is 292 g/mol. The van der Waals surface area contributed by atoms with Crippen LogP contribution in [0.3, 0.4) is 0 Å². The van der Waals surface area contributed by atoms with Gasteiger partial charge in [-0.05, 0) is 39.0 Å². The molecule has 1 aliphatic rings. The second kappa shape index (κ2) is 8.17. The Balaban J connectivity index is 2.17. The zero-order valence-electron chi connectivity index (χ0n) is 13.6. The molecule has 0 amide bonds. The molecule has 1 saturated heterocycles.